The Hall–Kier alpha value is -3.73. The van der Waals surface area contributed by atoms with Crippen molar-refractivity contribution < 1.29 is 14.4 Å². The minimum Gasteiger partial charge on any atom is -0.326 e. The first-order valence-corrected chi connectivity index (χ1v) is 10.9. The van der Waals surface area contributed by atoms with Crippen LogP contribution in [0.4, 0.5) is 11.4 Å². The summed E-state index contributed by atoms with van der Waals surface area (Å²) in [5.41, 5.74) is 4.94. The number of carbonyl (C=O) groups is 3. The number of carbonyl (C=O) groups excluding carboxylic acids is 3. The van der Waals surface area contributed by atoms with Crippen molar-refractivity contribution in [3.8, 4) is 0 Å². The van der Waals surface area contributed by atoms with Crippen molar-refractivity contribution in [2.75, 3.05) is 10.2 Å². The summed E-state index contributed by atoms with van der Waals surface area (Å²) in [6.07, 6.45) is 0. The second-order valence-electron chi connectivity index (χ2n) is 9.14. The molecule has 0 saturated carbocycles. The van der Waals surface area contributed by atoms with Crippen LogP contribution in [0.1, 0.15) is 47.9 Å². The minimum atomic E-state index is -0.846. The highest BCUT2D eigenvalue weighted by Gasteiger charge is 2.68. The van der Waals surface area contributed by atoms with Gasteiger partial charge in [0.15, 0.2) is 0 Å². The lowest BCUT2D eigenvalue weighted by Gasteiger charge is -2.51. The first-order chi connectivity index (χ1) is 15.4. The normalized spacial score (nSPS) is 27.1. The number of amides is 3. The van der Waals surface area contributed by atoms with Crippen molar-refractivity contribution in [3.05, 3.63) is 95.1 Å². The van der Waals surface area contributed by atoms with Crippen LogP contribution >= 0.6 is 0 Å². The standard InChI is InChI=1S/C27H22N2O3/c1-15(30)28-16-11-13-17(14-12-16)29-25(31)24-22-18-7-3-5-9-20(18)23(27(24,2)26(29)32)21-10-6-4-8-19(21)22/h3-14,22-24H,1-2H3,(H,28,30)/t22?,23?,24-,27+/m1/s1. The molecule has 3 aliphatic carbocycles. The molecule has 2 bridgehead atoms. The highest BCUT2D eigenvalue weighted by molar-refractivity contribution is 6.25. The molecule has 32 heavy (non-hydrogen) atoms. The number of rotatable bonds is 2. The smallest absolute Gasteiger partial charge is 0.241 e. The quantitative estimate of drug-likeness (QED) is 0.621. The largest absolute Gasteiger partial charge is 0.326 e. The van der Waals surface area contributed by atoms with Crippen LogP contribution in [0.25, 0.3) is 0 Å². The molecule has 2 atom stereocenters. The molecule has 0 spiro atoms. The van der Waals surface area contributed by atoms with Gasteiger partial charge >= 0.3 is 0 Å². The molecule has 1 aliphatic heterocycles. The number of nitrogens with one attached hydrogen (secondary N) is 1. The molecule has 1 fully saturated rings. The maximum Gasteiger partial charge on any atom is 0.241 e. The summed E-state index contributed by atoms with van der Waals surface area (Å²) in [6.45, 7) is 3.41. The van der Waals surface area contributed by atoms with Crippen molar-refractivity contribution >= 4 is 29.1 Å². The Morgan fingerprint density at radius 3 is 1.91 bits per heavy atom. The van der Waals surface area contributed by atoms with Gasteiger partial charge in [-0.3, -0.25) is 14.4 Å². The highest BCUT2D eigenvalue weighted by atomic mass is 16.2. The van der Waals surface area contributed by atoms with Gasteiger partial charge in [-0.1, -0.05) is 48.5 Å². The van der Waals surface area contributed by atoms with Gasteiger partial charge in [-0.2, -0.15) is 0 Å². The maximum atomic E-state index is 14.0. The topological polar surface area (TPSA) is 66.5 Å². The van der Waals surface area contributed by atoms with Gasteiger partial charge in [-0.15, -0.1) is 0 Å². The molecule has 5 nitrogen and oxygen atoms in total. The predicted octanol–water partition coefficient (Wildman–Crippen LogP) is 4.43. The molecular formula is C27H22N2O3. The van der Waals surface area contributed by atoms with Gasteiger partial charge in [0, 0.05) is 24.4 Å². The summed E-state index contributed by atoms with van der Waals surface area (Å²) in [4.78, 5) is 40.5. The number of hydrogen-bond donors (Lipinski definition) is 1. The van der Waals surface area contributed by atoms with E-state index in [9.17, 15) is 14.4 Å². The summed E-state index contributed by atoms with van der Waals surface area (Å²) in [5, 5.41) is 2.72. The second kappa shape index (κ2) is 6.39. The average molecular weight is 422 g/mol. The van der Waals surface area contributed by atoms with E-state index in [0.29, 0.717) is 11.4 Å². The Morgan fingerprint density at radius 1 is 0.844 bits per heavy atom. The predicted molar refractivity (Wildman–Crippen MR) is 121 cm³/mol. The van der Waals surface area contributed by atoms with Crippen LogP contribution in [0.5, 0.6) is 0 Å². The third-order valence-corrected chi connectivity index (χ3v) is 7.46. The van der Waals surface area contributed by atoms with Crippen molar-refractivity contribution in [3.63, 3.8) is 0 Å². The van der Waals surface area contributed by atoms with E-state index in [1.165, 1.54) is 11.8 Å². The summed E-state index contributed by atoms with van der Waals surface area (Å²) < 4.78 is 0. The van der Waals surface area contributed by atoms with Crippen LogP contribution in [0, 0.1) is 11.3 Å². The number of imide groups is 1. The van der Waals surface area contributed by atoms with E-state index in [2.05, 4.69) is 29.6 Å². The van der Waals surface area contributed by atoms with Gasteiger partial charge in [0.25, 0.3) is 0 Å². The Balaban J connectivity index is 1.51. The minimum absolute atomic E-state index is 0.141. The molecule has 1 N–H and O–H groups in total. The molecule has 0 aromatic heterocycles. The average Bonchev–Trinajstić information content (AvgIpc) is 3.00. The van der Waals surface area contributed by atoms with Gasteiger partial charge in [0.2, 0.25) is 17.7 Å². The molecule has 0 unspecified atom stereocenters. The van der Waals surface area contributed by atoms with E-state index in [0.717, 1.165) is 22.3 Å². The first-order valence-electron chi connectivity index (χ1n) is 10.9. The van der Waals surface area contributed by atoms with Crippen LogP contribution in [0.15, 0.2) is 72.8 Å². The zero-order valence-corrected chi connectivity index (χ0v) is 17.8. The Labute approximate surface area is 186 Å². The Morgan fingerprint density at radius 2 is 1.38 bits per heavy atom. The van der Waals surface area contributed by atoms with E-state index in [1.54, 1.807) is 24.3 Å². The van der Waals surface area contributed by atoms with Crippen molar-refractivity contribution in [1.29, 1.82) is 0 Å². The fraction of sp³-hybridized carbons (Fsp3) is 0.222. The molecular weight excluding hydrogens is 400 g/mol. The second-order valence-corrected chi connectivity index (χ2v) is 9.14. The summed E-state index contributed by atoms with van der Waals surface area (Å²) in [6, 6.07) is 23.4. The monoisotopic (exact) mass is 422 g/mol. The fourth-order valence-corrected chi connectivity index (χ4v) is 6.26. The Bertz CT molecular complexity index is 1260. The fourth-order valence-electron chi connectivity index (χ4n) is 6.26. The third-order valence-electron chi connectivity index (χ3n) is 7.46. The number of nitrogens with zero attached hydrogens (tertiary/aromatic N) is 1. The zero-order valence-electron chi connectivity index (χ0n) is 17.8. The van der Waals surface area contributed by atoms with Crippen molar-refractivity contribution in [2.24, 2.45) is 11.3 Å². The van der Waals surface area contributed by atoms with Gasteiger partial charge in [0.05, 0.1) is 17.0 Å². The molecule has 1 heterocycles. The number of anilines is 2. The summed E-state index contributed by atoms with van der Waals surface area (Å²) in [5.74, 6) is -1.22. The van der Waals surface area contributed by atoms with E-state index < -0.39 is 11.3 Å². The molecule has 158 valence electrons. The number of benzene rings is 3. The lowest BCUT2D eigenvalue weighted by atomic mass is 9.48. The molecule has 7 rings (SSSR count). The van der Waals surface area contributed by atoms with Gasteiger partial charge in [-0.25, -0.2) is 4.90 Å². The van der Waals surface area contributed by atoms with E-state index >= 15 is 0 Å². The van der Waals surface area contributed by atoms with E-state index in [1.807, 2.05) is 31.2 Å². The van der Waals surface area contributed by atoms with Crippen LogP contribution in [0.3, 0.4) is 0 Å². The SMILES string of the molecule is CC(=O)Nc1ccc(N2C(=O)[C@H]3C4c5ccccc5C(c5ccccc54)[C@]3(C)C2=O)cc1. The van der Waals surface area contributed by atoms with Crippen LogP contribution in [-0.4, -0.2) is 17.7 Å². The summed E-state index contributed by atoms with van der Waals surface area (Å²) >= 11 is 0. The molecule has 4 aliphatic rings. The number of hydrogen-bond acceptors (Lipinski definition) is 3. The lowest BCUT2D eigenvalue weighted by Crippen LogP contribution is -2.49. The molecule has 3 amide bonds. The maximum absolute atomic E-state index is 14.0. The first kappa shape index (κ1) is 19.0. The highest BCUT2D eigenvalue weighted by Crippen LogP contribution is 2.67. The molecule has 5 heteroatoms. The third kappa shape index (κ3) is 2.25. The van der Waals surface area contributed by atoms with Crippen molar-refractivity contribution in [2.45, 2.75) is 25.7 Å². The van der Waals surface area contributed by atoms with Crippen LogP contribution < -0.4 is 10.2 Å². The van der Waals surface area contributed by atoms with Crippen LogP contribution in [0.2, 0.25) is 0 Å². The molecule has 0 radical (unpaired) electrons. The van der Waals surface area contributed by atoms with Crippen LogP contribution in [-0.2, 0) is 14.4 Å². The molecule has 3 aromatic rings. The van der Waals surface area contributed by atoms with Gasteiger partial charge < -0.3 is 5.32 Å². The van der Waals surface area contributed by atoms with Crippen molar-refractivity contribution in [1.82, 2.24) is 0 Å². The van der Waals surface area contributed by atoms with Gasteiger partial charge in [0.1, 0.15) is 0 Å². The lowest BCUT2D eigenvalue weighted by molar-refractivity contribution is -0.128. The molecule has 3 aromatic carbocycles. The zero-order chi connectivity index (χ0) is 22.2. The summed E-state index contributed by atoms with van der Waals surface area (Å²) in [7, 11) is 0. The van der Waals surface area contributed by atoms with E-state index in [4.69, 9.17) is 0 Å². The van der Waals surface area contributed by atoms with Gasteiger partial charge in [-0.05, 0) is 53.4 Å². The van der Waals surface area contributed by atoms with E-state index in [-0.39, 0.29) is 29.6 Å². The molecule has 1 saturated heterocycles. The Kier molecular flexibility index (Phi) is 3.79.